The molecule has 0 spiro atoms. The molecule has 0 amide bonds. The standard InChI is InChI=1S/C9H14N2OS/c10-5-6-11-7-3-1-2-4-8(7)13-9(11)12/h1-6,10H2. The van der Waals surface area contributed by atoms with Gasteiger partial charge in [0.1, 0.15) is 0 Å². The van der Waals surface area contributed by atoms with Crippen molar-refractivity contribution in [3.05, 3.63) is 20.2 Å². The zero-order valence-corrected chi connectivity index (χ0v) is 8.40. The summed E-state index contributed by atoms with van der Waals surface area (Å²) in [5.74, 6) is 0. The highest BCUT2D eigenvalue weighted by Crippen LogP contribution is 2.22. The average Bonchev–Trinajstić information content (AvgIpc) is 2.44. The van der Waals surface area contributed by atoms with Crippen LogP contribution < -0.4 is 10.6 Å². The first-order valence-corrected chi connectivity index (χ1v) is 5.56. The maximum Gasteiger partial charge on any atom is 0.307 e. The van der Waals surface area contributed by atoms with E-state index in [1.165, 1.54) is 34.7 Å². The molecule has 1 heterocycles. The highest BCUT2D eigenvalue weighted by molar-refractivity contribution is 7.09. The number of nitrogens with zero attached hydrogens (tertiary/aromatic N) is 1. The lowest BCUT2D eigenvalue weighted by Gasteiger charge is -2.12. The number of hydrogen-bond acceptors (Lipinski definition) is 3. The molecule has 0 saturated heterocycles. The Hall–Kier alpha value is -0.610. The van der Waals surface area contributed by atoms with Crippen molar-refractivity contribution in [2.75, 3.05) is 6.54 Å². The minimum atomic E-state index is 0.178. The molecule has 72 valence electrons. The Morgan fingerprint density at radius 1 is 1.38 bits per heavy atom. The van der Waals surface area contributed by atoms with Gasteiger partial charge in [0.15, 0.2) is 0 Å². The highest BCUT2D eigenvalue weighted by Gasteiger charge is 2.16. The van der Waals surface area contributed by atoms with Gasteiger partial charge in [-0.2, -0.15) is 0 Å². The SMILES string of the molecule is NCCn1c2c(sc1=O)CCCC2. The van der Waals surface area contributed by atoms with E-state index in [0.29, 0.717) is 13.1 Å². The first-order valence-electron chi connectivity index (χ1n) is 4.74. The van der Waals surface area contributed by atoms with Crippen LogP contribution in [0.25, 0.3) is 0 Å². The van der Waals surface area contributed by atoms with E-state index in [1.807, 2.05) is 4.57 Å². The van der Waals surface area contributed by atoms with Gasteiger partial charge in [-0.3, -0.25) is 4.79 Å². The largest absolute Gasteiger partial charge is 0.329 e. The third-order valence-electron chi connectivity index (χ3n) is 2.50. The van der Waals surface area contributed by atoms with Gasteiger partial charge in [0.05, 0.1) is 0 Å². The second-order valence-corrected chi connectivity index (χ2v) is 4.43. The van der Waals surface area contributed by atoms with Gasteiger partial charge < -0.3 is 10.3 Å². The lowest BCUT2D eigenvalue weighted by molar-refractivity contribution is 0.600. The fourth-order valence-electron chi connectivity index (χ4n) is 1.88. The van der Waals surface area contributed by atoms with Crippen molar-refractivity contribution in [3.63, 3.8) is 0 Å². The summed E-state index contributed by atoms with van der Waals surface area (Å²) in [6.45, 7) is 1.24. The van der Waals surface area contributed by atoms with Crippen LogP contribution in [0, 0.1) is 0 Å². The highest BCUT2D eigenvalue weighted by atomic mass is 32.1. The molecule has 0 atom stereocenters. The molecule has 0 unspecified atom stereocenters. The quantitative estimate of drug-likeness (QED) is 0.762. The van der Waals surface area contributed by atoms with Gasteiger partial charge in [0.25, 0.3) is 0 Å². The molecular weight excluding hydrogens is 184 g/mol. The summed E-state index contributed by atoms with van der Waals surface area (Å²) in [5, 5.41) is 0. The topological polar surface area (TPSA) is 48.0 Å². The summed E-state index contributed by atoms with van der Waals surface area (Å²) in [6, 6.07) is 0. The molecule has 0 aliphatic heterocycles. The summed E-state index contributed by atoms with van der Waals surface area (Å²) < 4.78 is 1.86. The fraction of sp³-hybridized carbons (Fsp3) is 0.667. The summed E-state index contributed by atoms with van der Waals surface area (Å²) in [4.78, 5) is 13.0. The Balaban J connectivity index is 2.42. The molecule has 13 heavy (non-hydrogen) atoms. The van der Waals surface area contributed by atoms with Crippen LogP contribution in [0.4, 0.5) is 0 Å². The van der Waals surface area contributed by atoms with Gasteiger partial charge in [0.2, 0.25) is 0 Å². The van der Waals surface area contributed by atoms with Crippen LogP contribution in [0.1, 0.15) is 23.4 Å². The minimum absolute atomic E-state index is 0.178. The number of aryl methyl sites for hydroxylation is 1. The van der Waals surface area contributed by atoms with Crippen molar-refractivity contribution in [1.82, 2.24) is 4.57 Å². The number of thiazole rings is 1. The number of rotatable bonds is 2. The van der Waals surface area contributed by atoms with Crippen LogP contribution in [0.3, 0.4) is 0 Å². The van der Waals surface area contributed by atoms with Gasteiger partial charge in [0, 0.05) is 23.7 Å². The normalized spacial score (nSPS) is 15.8. The lowest BCUT2D eigenvalue weighted by atomic mass is 10.0. The van der Waals surface area contributed by atoms with Crippen molar-refractivity contribution in [2.24, 2.45) is 5.73 Å². The minimum Gasteiger partial charge on any atom is -0.329 e. The van der Waals surface area contributed by atoms with E-state index in [1.54, 1.807) is 0 Å². The summed E-state index contributed by atoms with van der Waals surface area (Å²) in [5.41, 5.74) is 6.72. The Morgan fingerprint density at radius 2 is 2.15 bits per heavy atom. The molecule has 0 radical (unpaired) electrons. The molecule has 1 aromatic rings. The molecule has 0 aromatic carbocycles. The Morgan fingerprint density at radius 3 is 2.92 bits per heavy atom. The van der Waals surface area contributed by atoms with Crippen LogP contribution >= 0.6 is 11.3 Å². The summed E-state index contributed by atoms with van der Waals surface area (Å²) in [7, 11) is 0. The lowest BCUT2D eigenvalue weighted by Crippen LogP contribution is -2.22. The van der Waals surface area contributed by atoms with Crippen LogP contribution in [-0.2, 0) is 19.4 Å². The molecule has 2 rings (SSSR count). The van der Waals surface area contributed by atoms with Gasteiger partial charge in [-0.05, 0) is 25.7 Å². The van der Waals surface area contributed by atoms with E-state index in [-0.39, 0.29) is 4.87 Å². The molecule has 1 aliphatic rings. The predicted octanol–water partition coefficient (Wildman–Crippen LogP) is 0.747. The third-order valence-corrected chi connectivity index (χ3v) is 3.58. The van der Waals surface area contributed by atoms with Gasteiger partial charge >= 0.3 is 4.87 Å². The van der Waals surface area contributed by atoms with Crippen molar-refractivity contribution in [1.29, 1.82) is 0 Å². The second kappa shape index (κ2) is 3.64. The molecule has 1 aliphatic carbocycles. The van der Waals surface area contributed by atoms with E-state index >= 15 is 0 Å². The molecule has 4 heteroatoms. The Bertz CT molecular complexity index is 353. The van der Waals surface area contributed by atoms with Crippen LogP contribution in [0.2, 0.25) is 0 Å². The van der Waals surface area contributed by atoms with Crippen molar-refractivity contribution in [3.8, 4) is 0 Å². The maximum absolute atomic E-state index is 11.5. The number of aromatic nitrogens is 1. The van der Waals surface area contributed by atoms with E-state index in [9.17, 15) is 4.79 Å². The average molecular weight is 198 g/mol. The van der Waals surface area contributed by atoms with E-state index in [4.69, 9.17) is 5.73 Å². The monoisotopic (exact) mass is 198 g/mol. The van der Waals surface area contributed by atoms with Crippen LogP contribution in [-0.4, -0.2) is 11.1 Å². The van der Waals surface area contributed by atoms with Crippen LogP contribution in [0.5, 0.6) is 0 Å². The molecule has 1 aromatic heterocycles. The molecule has 3 nitrogen and oxygen atoms in total. The first-order chi connectivity index (χ1) is 6.33. The van der Waals surface area contributed by atoms with Crippen molar-refractivity contribution in [2.45, 2.75) is 32.2 Å². The summed E-state index contributed by atoms with van der Waals surface area (Å²) in [6.07, 6.45) is 4.60. The maximum atomic E-state index is 11.5. The molecule has 0 bridgehead atoms. The number of nitrogens with two attached hydrogens (primary N) is 1. The predicted molar refractivity (Wildman–Crippen MR) is 54.3 cm³/mol. The Labute approximate surface area is 81.2 Å². The molecule has 2 N–H and O–H groups in total. The van der Waals surface area contributed by atoms with E-state index in [0.717, 1.165) is 12.8 Å². The first kappa shape index (κ1) is 8.97. The zero-order valence-electron chi connectivity index (χ0n) is 7.58. The van der Waals surface area contributed by atoms with E-state index < -0.39 is 0 Å². The number of hydrogen-bond donors (Lipinski definition) is 1. The van der Waals surface area contributed by atoms with Crippen LogP contribution in [0.15, 0.2) is 4.79 Å². The zero-order chi connectivity index (χ0) is 9.26. The van der Waals surface area contributed by atoms with E-state index in [2.05, 4.69) is 0 Å². The van der Waals surface area contributed by atoms with Gasteiger partial charge in [-0.15, -0.1) is 0 Å². The number of fused-ring (bicyclic) bond motifs is 1. The van der Waals surface area contributed by atoms with Gasteiger partial charge in [-0.1, -0.05) is 11.3 Å². The fourth-order valence-corrected chi connectivity index (χ4v) is 2.98. The molecular formula is C9H14N2OS. The summed E-state index contributed by atoms with van der Waals surface area (Å²) >= 11 is 1.41. The van der Waals surface area contributed by atoms with Gasteiger partial charge in [-0.25, -0.2) is 0 Å². The second-order valence-electron chi connectivity index (χ2n) is 3.39. The van der Waals surface area contributed by atoms with Crippen molar-refractivity contribution < 1.29 is 0 Å². The van der Waals surface area contributed by atoms with Crippen molar-refractivity contribution >= 4 is 11.3 Å². The Kier molecular flexibility index (Phi) is 2.51. The molecule has 0 saturated carbocycles. The third kappa shape index (κ3) is 1.56. The smallest absolute Gasteiger partial charge is 0.307 e. The molecule has 0 fully saturated rings.